The number of halogens is 1. The summed E-state index contributed by atoms with van der Waals surface area (Å²) in [5.41, 5.74) is -0.196. The third-order valence-corrected chi connectivity index (χ3v) is 14.7. The number of anilines is 1. The zero-order chi connectivity index (χ0) is 44.9. The van der Waals surface area contributed by atoms with Crippen molar-refractivity contribution in [3.05, 3.63) is 77.4 Å². The average Bonchev–Trinajstić information content (AvgIpc) is 3.45. The normalized spacial score (nSPS) is 30.8. The Morgan fingerprint density at radius 2 is 1.74 bits per heavy atom. The van der Waals surface area contributed by atoms with Crippen LogP contribution in [0.5, 0.6) is 11.5 Å². The van der Waals surface area contributed by atoms with Crippen molar-refractivity contribution in [2.24, 2.45) is 28.6 Å². The van der Waals surface area contributed by atoms with Crippen LogP contribution < -0.4 is 15.4 Å². The summed E-state index contributed by atoms with van der Waals surface area (Å²) < 4.78 is 16.4. The second-order valence-corrected chi connectivity index (χ2v) is 17.9. The van der Waals surface area contributed by atoms with Crippen molar-refractivity contribution >= 4 is 47.2 Å². The summed E-state index contributed by atoms with van der Waals surface area (Å²) in [6.07, 6.45) is 6.75. The quantitative estimate of drug-likeness (QED) is 0.0580. The monoisotopic (exact) mass is 864 g/mol. The second-order valence-electron chi connectivity index (χ2n) is 17.3. The number of hydrogen-bond acceptors (Lipinski definition) is 12. The maximum atomic E-state index is 13.9. The van der Waals surface area contributed by atoms with Gasteiger partial charge in [0, 0.05) is 42.2 Å². The fourth-order valence-corrected chi connectivity index (χ4v) is 11.1. The van der Waals surface area contributed by atoms with Gasteiger partial charge in [0.1, 0.15) is 11.5 Å². The topological polar surface area (TPSA) is 198 Å². The van der Waals surface area contributed by atoms with E-state index >= 15 is 0 Å². The molecule has 6 rings (SSSR count). The molecule has 1 amide bonds. The number of ketones is 2. The van der Waals surface area contributed by atoms with E-state index in [1.165, 1.54) is 17.7 Å². The number of aliphatic hydroxyl groups is 2. The molecule has 0 spiro atoms. The first kappa shape index (κ1) is 47.5. The van der Waals surface area contributed by atoms with Crippen molar-refractivity contribution < 1.29 is 53.5 Å². The average molecular weight is 865 g/mol. The van der Waals surface area contributed by atoms with Crippen LogP contribution in [0.1, 0.15) is 97.3 Å². The molecule has 2 aromatic carbocycles. The van der Waals surface area contributed by atoms with Gasteiger partial charge in [-0.2, -0.15) is 0 Å². The number of phenols is 1. The molecule has 5 N–H and O–H groups in total. The number of benzene rings is 2. The van der Waals surface area contributed by atoms with Crippen molar-refractivity contribution in [2.45, 2.75) is 115 Å². The Bertz CT molecular complexity index is 2020. The third-order valence-electron chi connectivity index (χ3n) is 13.8. The highest BCUT2D eigenvalue weighted by Gasteiger charge is 2.76. The van der Waals surface area contributed by atoms with Gasteiger partial charge in [-0.15, -0.1) is 11.6 Å². The van der Waals surface area contributed by atoms with Crippen LogP contribution in [0.25, 0.3) is 0 Å². The number of fused-ring (bicyclic) bond motifs is 5. The Kier molecular flexibility index (Phi) is 15.0. The molecule has 3 saturated carbocycles. The van der Waals surface area contributed by atoms with Gasteiger partial charge in [-0.25, -0.2) is 0 Å². The number of esters is 2. The summed E-state index contributed by atoms with van der Waals surface area (Å²) in [7, 11) is 1.64. The highest BCUT2D eigenvalue weighted by molar-refractivity contribution is 6.26. The van der Waals surface area contributed by atoms with Crippen LogP contribution in [0.4, 0.5) is 5.69 Å². The van der Waals surface area contributed by atoms with Crippen LogP contribution in [-0.4, -0.2) is 88.1 Å². The lowest BCUT2D eigenvalue weighted by atomic mass is 9.45. The lowest BCUT2D eigenvalue weighted by Gasteiger charge is -2.64. The maximum Gasteiger partial charge on any atom is 0.306 e. The summed E-state index contributed by atoms with van der Waals surface area (Å²) in [5.74, 6) is -1.45. The highest BCUT2D eigenvalue weighted by Crippen LogP contribution is 2.72. The van der Waals surface area contributed by atoms with Crippen molar-refractivity contribution in [3.8, 4) is 11.5 Å². The largest absolute Gasteiger partial charge is 0.506 e. The zero-order valence-corrected chi connectivity index (χ0v) is 36.9. The Morgan fingerprint density at radius 3 is 2.38 bits per heavy atom. The van der Waals surface area contributed by atoms with Crippen LogP contribution >= 0.6 is 11.6 Å². The Balaban J connectivity index is 0.000000247. The van der Waals surface area contributed by atoms with Crippen LogP contribution in [0.2, 0.25) is 0 Å². The first-order chi connectivity index (χ1) is 28.8. The van der Waals surface area contributed by atoms with Crippen molar-refractivity contribution in [3.63, 3.8) is 0 Å². The molecule has 0 heterocycles. The van der Waals surface area contributed by atoms with Gasteiger partial charge in [-0.3, -0.25) is 24.0 Å². The van der Waals surface area contributed by atoms with Crippen molar-refractivity contribution in [1.29, 1.82) is 0 Å². The lowest BCUT2D eigenvalue weighted by Crippen LogP contribution is -2.69. The number of rotatable bonds is 15. The van der Waals surface area contributed by atoms with E-state index in [1.54, 1.807) is 39.2 Å². The van der Waals surface area contributed by atoms with Crippen molar-refractivity contribution in [1.82, 2.24) is 5.32 Å². The SMILES string of the molecule is CCC(=O)OCC(=O)[C@@]1(OC(=O)CC)[C@@H](C)C[C@H]2[C@@H]3CCC4=CC(=O)C=C[C@]4(C)[C@@]3(Cl)[C@@H](O)C[C@@]21C.COc1ccc(C[C@@H](C)NC[C@H](O)c2ccc(O)c(NC=O)c2)cc1. The second kappa shape index (κ2) is 19.2. The molecule has 4 aliphatic carbocycles. The number of aliphatic hydroxyl groups excluding tert-OH is 2. The first-order valence-corrected chi connectivity index (χ1v) is 21.5. The van der Waals surface area contributed by atoms with Gasteiger partial charge in [0.15, 0.2) is 18.0 Å². The fraction of sp³-hybridized carbons (Fsp3) is 0.553. The molecule has 2 aromatic rings. The number of carbonyl (C=O) groups excluding carboxylic acids is 5. The molecule has 0 unspecified atom stereocenters. The van der Waals surface area contributed by atoms with Crippen LogP contribution in [0, 0.1) is 28.6 Å². The molecule has 332 valence electrons. The number of phenolic OH excluding ortho intramolecular Hbond substituents is 1. The number of aromatic hydroxyl groups is 1. The van der Waals surface area contributed by atoms with Gasteiger partial charge >= 0.3 is 11.9 Å². The Labute approximate surface area is 363 Å². The third kappa shape index (κ3) is 9.03. The number of nitrogens with one attached hydrogen (secondary N) is 2. The van der Waals surface area contributed by atoms with E-state index in [2.05, 4.69) is 10.6 Å². The molecule has 4 aliphatic rings. The van der Waals surface area contributed by atoms with Gasteiger partial charge in [0.25, 0.3) is 0 Å². The van der Waals surface area contributed by atoms with Gasteiger partial charge in [0.05, 0.1) is 29.9 Å². The first-order valence-electron chi connectivity index (χ1n) is 21.1. The number of amides is 1. The minimum absolute atomic E-state index is 0.0381. The summed E-state index contributed by atoms with van der Waals surface area (Å²) >= 11 is 7.48. The van der Waals surface area contributed by atoms with Crippen LogP contribution in [0.15, 0.2) is 66.3 Å². The Hall–Kier alpha value is -4.56. The van der Waals surface area contributed by atoms with Crippen molar-refractivity contribution in [2.75, 3.05) is 25.6 Å². The van der Waals surface area contributed by atoms with Gasteiger partial charge in [0.2, 0.25) is 12.2 Å². The molecule has 0 aliphatic heterocycles. The lowest BCUT2D eigenvalue weighted by molar-refractivity contribution is -0.203. The summed E-state index contributed by atoms with van der Waals surface area (Å²) in [5, 5.41) is 37.4. The van der Waals surface area contributed by atoms with Crippen LogP contribution in [0.3, 0.4) is 0 Å². The molecule has 14 heteroatoms. The number of alkyl halides is 1. The molecule has 0 saturated heterocycles. The number of Topliss-reactive ketones (excluding diaryl/α,β-unsaturated/α-hetero) is 1. The summed E-state index contributed by atoms with van der Waals surface area (Å²) in [4.78, 5) is 60.0. The van der Waals surface area contributed by atoms with Gasteiger partial charge < -0.3 is 40.2 Å². The van der Waals surface area contributed by atoms with Crippen LogP contribution in [-0.2, 0) is 39.9 Å². The minimum atomic E-state index is -1.55. The highest BCUT2D eigenvalue weighted by atomic mass is 35.5. The zero-order valence-electron chi connectivity index (χ0n) is 36.2. The summed E-state index contributed by atoms with van der Waals surface area (Å²) in [6, 6.07) is 12.7. The molecule has 13 nitrogen and oxygen atoms in total. The van der Waals surface area contributed by atoms with E-state index < -0.39 is 57.8 Å². The predicted octanol–water partition coefficient (Wildman–Crippen LogP) is 6.31. The number of allylic oxidation sites excluding steroid dienone is 4. The van der Waals surface area contributed by atoms with E-state index in [1.807, 2.05) is 58.0 Å². The predicted molar refractivity (Wildman–Crippen MR) is 230 cm³/mol. The molecular weight excluding hydrogens is 804 g/mol. The van der Waals surface area contributed by atoms with E-state index in [4.69, 9.17) is 25.8 Å². The molecule has 61 heavy (non-hydrogen) atoms. The number of ether oxygens (including phenoxy) is 3. The molecule has 0 bridgehead atoms. The van der Waals surface area contributed by atoms with Gasteiger partial charge in [-0.05, 0) is 98.4 Å². The fourth-order valence-electron chi connectivity index (χ4n) is 10.6. The summed E-state index contributed by atoms with van der Waals surface area (Å²) in [6.45, 7) is 11.0. The standard InChI is InChI=1S/C28H37ClO7.C19H24N2O4/c1-6-23(33)35-15-22(32)28(36-24(34)7-2)16(3)12-20-19-9-8-17-13-18(30)10-11-25(17,4)27(19,29)21(31)14-26(20,28)5;1-13(9-14-3-6-16(25-2)7-4-14)20-11-19(24)15-5-8-18(23)17(10-15)21-12-22/h10-11,13,16,19-21,31H,6-9,12,14-15H2,1-5H3;3-8,10,12-13,19-20,23-24H,9,11H2,1-2H3,(H,21,22)/t16-,19-,20-,21-,25-,26-,27-,28-;13-,19+/m01/s1. The van der Waals surface area contributed by atoms with Gasteiger partial charge in [-0.1, -0.05) is 64.5 Å². The van der Waals surface area contributed by atoms with E-state index in [0.29, 0.717) is 37.8 Å². The minimum Gasteiger partial charge on any atom is -0.506 e. The number of methoxy groups -OCH3 is 1. The Morgan fingerprint density at radius 1 is 1.05 bits per heavy atom. The molecule has 0 radical (unpaired) electrons. The molecular formula is C47H61ClN2O11. The van der Waals surface area contributed by atoms with E-state index in [9.17, 15) is 39.3 Å². The van der Waals surface area contributed by atoms with E-state index in [0.717, 1.165) is 17.7 Å². The smallest absolute Gasteiger partial charge is 0.306 e. The molecule has 10 atom stereocenters. The molecule has 3 fully saturated rings. The molecule has 0 aromatic heterocycles. The number of carbonyl (C=O) groups is 5. The maximum absolute atomic E-state index is 13.9. The number of hydrogen-bond donors (Lipinski definition) is 5. The van der Waals surface area contributed by atoms with E-state index in [-0.39, 0.29) is 60.3 Å².